The van der Waals surface area contributed by atoms with Crippen LogP contribution in [0.4, 0.5) is 0 Å². The Morgan fingerprint density at radius 1 is 1.37 bits per heavy atom. The minimum absolute atomic E-state index is 0.0362. The third-order valence-corrected chi connectivity index (χ3v) is 3.68. The average Bonchev–Trinajstić information content (AvgIpc) is 2.46. The minimum atomic E-state index is 0.0362. The molecule has 0 radical (unpaired) electrons. The zero-order valence-corrected chi connectivity index (χ0v) is 10.9. The maximum absolute atomic E-state index is 11.6. The molecule has 0 unspecified atom stereocenters. The van der Waals surface area contributed by atoms with Gasteiger partial charge in [0.2, 0.25) is 0 Å². The molecule has 2 heterocycles. The largest absolute Gasteiger partial charge is 0.409 e. The number of likely N-dealkylation sites (tertiary alicyclic amines) is 1. The molecule has 1 aromatic heterocycles. The van der Waals surface area contributed by atoms with Gasteiger partial charge in [-0.05, 0) is 32.0 Å². The van der Waals surface area contributed by atoms with Crippen LogP contribution in [0.1, 0.15) is 12.8 Å². The molecule has 1 aliphatic heterocycles. The average molecular weight is 264 g/mol. The maximum Gasteiger partial charge on any atom is 0.250 e. The predicted molar refractivity (Wildman–Crippen MR) is 73.3 cm³/mol. The van der Waals surface area contributed by atoms with Crippen molar-refractivity contribution >= 4 is 5.84 Å². The van der Waals surface area contributed by atoms with Gasteiger partial charge in [0.25, 0.3) is 5.56 Å². The first-order chi connectivity index (χ1) is 9.20. The summed E-state index contributed by atoms with van der Waals surface area (Å²) < 4.78 is 1.72. The number of nitrogens with two attached hydrogens (primary N) is 1. The molecule has 0 bridgehead atoms. The Labute approximate surface area is 112 Å². The van der Waals surface area contributed by atoms with E-state index in [2.05, 4.69) is 10.1 Å². The standard InChI is InChI=1S/C13H20N4O2/c14-13(15-19)11-4-7-16(8-5-11)9-10-17-6-2-1-3-12(17)18/h1-3,6,11,19H,4-5,7-10H2,(H2,14,15). The van der Waals surface area contributed by atoms with Gasteiger partial charge in [0.05, 0.1) is 0 Å². The molecule has 6 nitrogen and oxygen atoms in total. The smallest absolute Gasteiger partial charge is 0.250 e. The van der Waals surface area contributed by atoms with Gasteiger partial charge in [-0.3, -0.25) is 4.79 Å². The number of amidine groups is 1. The van der Waals surface area contributed by atoms with Crippen LogP contribution in [0.25, 0.3) is 0 Å². The zero-order valence-electron chi connectivity index (χ0n) is 10.9. The van der Waals surface area contributed by atoms with E-state index in [1.165, 1.54) is 0 Å². The summed E-state index contributed by atoms with van der Waals surface area (Å²) in [6.45, 7) is 3.39. The number of pyridine rings is 1. The monoisotopic (exact) mass is 264 g/mol. The summed E-state index contributed by atoms with van der Waals surface area (Å²) in [5.41, 5.74) is 5.65. The molecule has 1 aromatic rings. The molecule has 2 rings (SSSR count). The van der Waals surface area contributed by atoms with Crippen LogP contribution < -0.4 is 11.3 Å². The molecule has 1 saturated heterocycles. The van der Waals surface area contributed by atoms with Crippen molar-refractivity contribution in [2.24, 2.45) is 16.8 Å². The Bertz CT molecular complexity index is 489. The maximum atomic E-state index is 11.6. The summed E-state index contributed by atoms with van der Waals surface area (Å²) in [6, 6.07) is 5.19. The minimum Gasteiger partial charge on any atom is -0.409 e. The van der Waals surface area contributed by atoms with E-state index in [4.69, 9.17) is 10.9 Å². The Morgan fingerprint density at radius 2 is 2.11 bits per heavy atom. The molecule has 0 atom stereocenters. The fourth-order valence-electron chi connectivity index (χ4n) is 2.43. The van der Waals surface area contributed by atoms with Crippen LogP contribution in [0.2, 0.25) is 0 Å². The van der Waals surface area contributed by atoms with Crippen molar-refractivity contribution in [1.29, 1.82) is 0 Å². The van der Waals surface area contributed by atoms with Gasteiger partial charge < -0.3 is 20.4 Å². The molecular formula is C13H20N4O2. The lowest BCUT2D eigenvalue weighted by molar-refractivity contribution is 0.199. The zero-order chi connectivity index (χ0) is 13.7. The van der Waals surface area contributed by atoms with E-state index in [9.17, 15) is 4.79 Å². The lowest BCUT2D eigenvalue weighted by Gasteiger charge is -2.31. The lowest BCUT2D eigenvalue weighted by atomic mass is 9.96. The highest BCUT2D eigenvalue weighted by Gasteiger charge is 2.21. The summed E-state index contributed by atoms with van der Waals surface area (Å²) in [6.07, 6.45) is 3.62. The molecule has 0 aromatic carbocycles. The quantitative estimate of drug-likeness (QED) is 0.355. The normalized spacial score (nSPS) is 18.6. The van der Waals surface area contributed by atoms with Crippen LogP contribution in [0.3, 0.4) is 0 Å². The van der Waals surface area contributed by atoms with Crippen molar-refractivity contribution in [2.45, 2.75) is 19.4 Å². The predicted octanol–water partition coefficient (Wildman–Crippen LogP) is 0.307. The molecule has 0 spiro atoms. The topological polar surface area (TPSA) is 83.8 Å². The van der Waals surface area contributed by atoms with Gasteiger partial charge in [-0.25, -0.2) is 0 Å². The van der Waals surface area contributed by atoms with Crippen molar-refractivity contribution in [3.05, 3.63) is 34.7 Å². The molecule has 0 aliphatic carbocycles. The summed E-state index contributed by atoms with van der Waals surface area (Å²) in [7, 11) is 0. The Kier molecular flexibility index (Phi) is 4.57. The van der Waals surface area contributed by atoms with Crippen LogP contribution in [0, 0.1) is 5.92 Å². The molecule has 0 saturated carbocycles. The van der Waals surface area contributed by atoms with E-state index < -0.39 is 0 Å². The molecule has 1 aliphatic rings. The van der Waals surface area contributed by atoms with Crippen LogP contribution in [0.5, 0.6) is 0 Å². The molecule has 104 valence electrons. The molecule has 1 fully saturated rings. The first kappa shape index (κ1) is 13.6. The highest BCUT2D eigenvalue weighted by atomic mass is 16.4. The number of oxime groups is 1. The van der Waals surface area contributed by atoms with Crippen molar-refractivity contribution in [2.75, 3.05) is 19.6 Å². The summed E-state index contributed by atoms with van der Waals surface area (Å²) >= 11 is 0. The van der Waals surface area contributed by atoms with E-state index in [1.54, 1.807) is 16.7 Å². The SMILES string of the molecule is N/C(=N/O)C1CCN(CCn2ccccc2=O)CC1. The third kappa shape index (κ3) is 3.57. The molecule has 3 N–H and O–H groups in total. The highest BCUT2D eigenvalue weighted by Crippen LogP contribution is 2.16. The van der Waals surface area contributed by atoms with Crippen molar-refractivity contribution in [3.8, 4) is 0 Å². The second-order valence-corrected chi connectivity index (χ2v) is 4.87. The van der Waals surface area contributed by atoms with Crippen LogP contribution >= 0.6 is 0 Å². The molecule has 19 heavy (non-hydrogen) atoms. The van der Waals surface area contributed by atoms with Gasteiger partial charge >= 0.3 is 0 Å². The van der Waals surface area contributed by atoms with Crippen molar-refractivity contribution in [1.82, 2.24) is 9.47 Å². The summed E-state index contributed by atoms with van der Waals surface area (Å²) in [5.74, 6) is 0.514. The van der Waals surface area contributed by atoms with Crippen LogP contribution in [-0.4, -0.2) is 40.1 Å². The van der Waals surface area contributed by atoms with Crippen molar-refractivity contribution < 1.29 is 5.21 Å². The Morgan fingerprint density at radius 3 is 2.74 bits per heavy atom. The number of nitrogens with zero attached hydrogens (tertiary/aromatic N) is 3. The first-order valence-electron chi connectivity index (χ1n) is 6.56. The highest BCUT2D eigenvalue weighted by molar-refractivity contribution is 5.82. The molecular weight excluding hydrogens is 244 g/mol. The molecule has 0 amide bonds. The van der Waals surface area contributed by atoms with Gasteiger partial charge in [0, 0.05) is 31.3 Å². The van der Waals surface area contributed by atoms with Gasteiger partial charge in [-0.2, -0.15) is 0 Å². The number of hydrogen-bond donors (Lipinski definition) is 2. The van der Waals surface area contributed by atoms with E-state index >= 15 is 0 Å². The van der Waals surface area contributed by atoms with E-state index in [-0.39, 0.29) is 11.5 Å². The summed E-state index contributed by atoms with van der Waals surface area (Å²) in [4.78, 5) is 13.9. The van der Waals surface area contributed by atoms with Gasteiger partial charge in [0.15, 0.2) is 0 Å². The number of aromatic nitrogens is 1. The first-order valence-corrected chi connectivity index (χ1v) is 6.56. The molecule has 6 heteroatoms. The number of rotatable bonds is 4. The fraction of sp³-hybridized carbons (Fsp3) is 0.538. The Balaban J connectivity index is 1.81. The van der Waals surface area contributed by atoms with Gasteiger partial charge in [0.1, 0.15) is 5.84 Å². The van der Waals surface area contributed by atoms with Gasteiger partial charge in [-0.15, -0.1) is 0 Å². The van der Waals surface area contributed by atoms with Crippen LogP contribution in [0.15, 0.2) is 34.3 Å². The van der Waals surface area contributed by atoms with Crippen LogP contribution in [-0.2, 0) is 6.54 Å². The van der Waals surface area contributed by atoms with E-state index in [0.29, 0.717) is 12.4 Å². The third-order valence-electron chi connectivity index (χ3n) is 3.68. The second kappa shape index (κ2) is 6.38. The Hall–Kier alpha value is -1.82. The number of piperidine rings is 1. The second-order valence-electron chi connectivity index (χ2n) is 4.87. The summed E-state index contributed by atoms with van der Waals surface area (Å²) in [5, 5.41) is 11.7. The fourth-order valence-corrected chi connectivity index (χ4v) is 2.43. The number of hydrogen-bond acceptors (Lipinski definition) is 4. The van der Waals surface area contributed by atoms with Gasteiger partial charge in [-0.1, -0.05) is 11.2 Å². The lowest BCUT2D eigenvalue weighted by Crippen LogP contribution is -2.40. The van der Waals surface area contributed by atoms with Crippen molar-refractivity contribution in [3.63, 3.8) is 0 Å². The van der Waals surface area contributed by atoms with E-state index in [0.717, 1.165) is 32.5 Å². The van der Waals surface area contributed by atoms with E-state index in [1.807, 2.05) is 12.3 Å².